The second kappa shape index (κ2) is 39.8. The Hall–Kier alpha value is -1.65. The maximum Gasteiger partial charge on any atom is 0.220 e. The zero-order chi connectivity index (χ0) is 35.0. The fourth-order valence-corrected chi connectivity index (χ4v) is 6.03. The third kappa shape index (κ3) is 35.7. The molecule has 0 aliphatic rings. The lowest BCUT2D eigenvalue weighted by Gasteiger charge is -2.19. The van der Waals surface area contributed by atoms with Crippen LogP contribution in [0.5, 0.6) is 0 Å². The molecule has 0 saturated heterocycles. The molecule has 0 spiro atoms. The Morgan fingerprint density at radius 1 is 0.479 bits per heavy atom. The molecular formula is C44H81NO3. The summed E-state index contributed by atoms with van der Waals surface area (Å²) in [6.07, 6.45) is 53.5. The van der Waals surface area contributed by atoms with Gasteiger partial charge in [0.15, 0.2) is 0 Å². The highest BCUT2D eigenvalue weighted by molar-refractivity contribution is 5.76. The maximum absolute atomic E-state index is 12.4. The average molecular weight is 672 g/mol. The molecule has 3 N–H and O–H groups in total. The predicted molar refractivity (Wildman–Crippen MR) is 211 cm³/mol. The SMILES string of the molecule is CCCCCCCC/C=C\CCCCCCCCCCCC(=O)NC(CO)C(O)/C=C/CC/C=C/CC/C=C/CCCCCCCCC. The van der Waals surface area contributed by atoms with Gasteiger partial charge in [-0.25, -0.2) is 0 Å². The lowest BCUT2D eigenvalue weighted by atomic mass is 10.0. The highest BCUT2D eigenvalue weighted by atomic mass is 16.3. The first-order valence-corrected chi connectivity index (χ1v) is 20.9. The zero-order valence-corrected chi connectivity index (χ0v) is 32.0. The summed E-state index contributed by atoms with van der Waals surface area (Å²) in [6.45, 7) is 4.28. The van der Waals surface area contributed by atoms with Crippen molar-refractivity contribution in [1.82, 2.24) is 5.32 Å². The molecule has 0 heterocycles. The van der Waals surface area contributed by atoms with Crippen LogP contribution in [0.1, 0.15) is 206 Å². The van der Waals surface area contributed by atoms with Crippen LogP contribution in [0.4, 0.5) is 0 Å². The summed E-state index contributed by atoms with van der Waals surface area (Å²) in [6, 6.07) is -0.645. The fraction of sp³-hybridized carbons (Fsp3) is 0.795. The quantitative estimate of drug-likeness (QED) is 0.0455. The molecule has 0 fully saturated rings. The largest absolute Gasteiger partial charge is 0.394 e. The summed E-state index contributed by atoms with van der Waals surface area (Å²) >= 11 is 0. The number of nitrogens with one attached hydrogen (secondary N) is 1. The van der Waals surface area contributed by atoms with Gasteiger partial charge in [0.2, 0.25) is 5.91 Å². The Morgan fingerprint density at radius 3 is 1.21 bits per heavy atom. The van der Waals surface area contributed by atoms with Gasteiger partial charge in [0.1, 0.15) is 0 Å². The Balaban J connectivity index is 3.66. The van der Waals surface area contributed by atoms with Crippen molar-refractivity contribution in [2.24, 2.45) is 0 Å². The van der Waals surface area contributed by atoms with E-state index in [9.17, 15) is 15.0 Å². The molecule has 1 amide bonds. The molecule has 0 aromatic rings. The van der Waals surface area contributed by atoms with E-state index in [0.717, 1.165) is 38.5 Å². The van der Waals surface area contributed by atoms with Crippen LogP contribution in [0.3, 0.4) is 0 Å². The van der Waals surface area contributed by atoms with E-state index in [2.05, 4.69) is 55.6 Å². The molecule has 0 bridgehead atoms. The van der Waals surface area contributed by atoms with Gasteiger partial charge in [0.25, 0.3) is 0 Å². The van der Waals surface area contributed by atoms with Gasteiger partial charge < -0.3 is 15.5 Å². The first-order valence-electron chi connectivity index (χ1n) is 20.9. The van der Waals surface area contributed by atoms with Gasteiger partial charge in [-0.15, -0.1) is 0 Å². The Kier molecular flexibility index (Phi) is 38.4. The summed E-state index contributed by atoms with van der Waals surface area (Å²) in [5.41, 5.74) is 0. The van der Waals surface area contributed by atoms with E-state index in [4.69, 9.17) is 0 Å². The van der Waals surface area contributed by atoms with E-state index in [0.29, 0.717) is 6.42 Å². The van der Waals surface area contributed by atoms with Crippen LogP contribution < -0.4 is 5.32 Å². The highest BCUT2D eigenvalue weighted by Gasteiger charge is 2.17. The average Bonchev–Trinajstić information content (AvgIpc) is 3.09. The molecule has 0 aliphatic heterocycles. The number of carbonyl (C=O) groups excluding carboxylic acids is 1. The van der Waals surface area contributed by atoms with Crippen molar-refractivity contribution in [1.29, 1.82) is 0 Å². The van der Waals surface area contributed by atoms with E-state index >= 15 is 0 Å². The number of allylic oxidation sites excluding steroid dienone is 7. The van der Waals surface area contributed by atoms with Crippen molar-refractivity contribution in [2.45, 2.75) is 219 Å². The van der Waals surface area contributed by atoms with Crippen LogP contribution in [0.15, 0.2) is 48.6 Å². The monoisotopic (exact) mass is 672 g/mol. The lowest BCUT2D eigenvalue weighted by molar-refractivity contribution is -0.123. The summed E-state index contributed by atoms with van der Waals surface area (Å²) < 4.78 is 0. The van der Waals surface area contributed by atoms with Gasteiger partial charge >= 0.3 is 0 Å². The second-order valence-electron chi connectivity index (χ2n) is 14.0. The minimum absolute atomic E-state index is 0.0816. The minimum Gasteiger partial charge on any atom is -0.394 e. The number of carbonyl (C=O) groups is 1. The molecule has 4 nitrogen and oxygen atoms in total. The number of unbranched alkanes of at least 4 members (excludes halogenated alkanes) is 24. The molecule has 0 saturated carbocycles. The minimum atomic E-state index is -0.870. The van der Waals surface area contributed by atoms with Gasteiger partial charge in [0, 0.05) is 6.42 Å². The molecule has 2 unspecified atom stereocenters. The molecule has 4 heteroatoms. The number of amides is 1. The fourth-order valence-electron chi connectivity index (χ4n) is 6.03. The third-order valence-electron chi connectivity index (χ3n) is 9.26. The Morgan fingerprint density at radius 2 is 0.812 bits per heavy atom. The van der Waals surface area contributed by atoms with Crippen molar-refractivity contribution >= 4 is 5.91 Å². The summed E-state index contributed by atoms with van der Waals surface area (Å²) in [7, 11) is 0. The van der Waals surface area contributed by atoms with Gasteiger partial charge in [-0.2, -0.15) is 0 Å². The van der Waals surface area contributed by atoms with Crippen molar-refractivity contribution in [3.63, 3.8) is 0 Å². The van der Waals surface area contributed by atoms with E-state index < -0.39 is 12.1 Å². The molecule has 0 radical (unpaired) electrons. The molecule has 2 atom stereocenters. The number of hydrogen-bond donors (Lipinski definition) is 3. The Labute approximate surface area is 299 Å². The van der Waals surface area contributed by atoms with E-state index in [1.807, 2.05) is 6.08 Å². The molecule has 280 valence electrons. The van der Waals surface area contributed by atoms with Crippen molar-refractivity contribution in [3.8, 4) is 0 Å². The molecule has 48 heavy (non-hydrogen) atoms. The smallest absolute Gasteiger partial charge is 0.220 e. The van der Waals surface area contributed by atoms with E-state index in [1.54, 1.807) is 6.08 Å². The van der Waals surface area contributed by atoms with Crippen molar-refractivity contribution < 1.29 is 15.0 Å². The third-order valence-corrected chi connectivity index (χ3v) is 9.26. The zero-order valence-electron chi connectivity index (χ0n) is 32.0. The summed E-state index contributed by atoms with van der Waals surface area (Å²) in [4.78, 5) is 12.4. The number of hydrogen-bond acceptors (Lipinski definition) is 3. The molecular weight excluding hydrogens is 590 g/mol. The standard InChI is InChI=1S/C44H81NO3/c1-3-5-7-9-11-13-15-17-19-21-22-24-26-28-30-32-34-36-38-40-44(48)45-42(41-46)43(47)39-37-35-33-31-29-27-25-23-20-18-16-14-12-10-8-6-4-2/h17,19-20,23,29,31,37,39,42-43,46-47H,3-16,18,21-22,24-28,30,32-36,38,40-41H2,1-2H3,(H,45,48)/b19-17-,23-20+,31-29+,39-37+. The number of aliphatic hydroxyl groups excluding tert-OH is 2. The van der Waals surface area contributed by atoms with Gasteiger partial charge in [-0.05, 0) is 70.6 Å². The maximum atomic E-state index is 12.4. The van der Waals surface area contributed by atoms with Gasteiger partial charge in [-0.1, -0.05) is 178 Å². The first kappa shape index (κ1) is 46.4. The number of rotatable bonds is 37. The predicted octanol–water partition coefficient (Wildman–Crippen LogP) is 12.8. The van der Waals surface area contributed by atoms with Crippen molar-refractivity contribution in [2.75, 3.05) is 6.61 Å². The molecule has 0 aromatic carbocycles. The topological polar surface area (TPSA) is 69.6 Å². The van der Waals surface area contributed by atoms with Crippen LogP contribution in [0, 0.1) is 0 Å². The van der Waals surface area contributed by atoms with Crippen LogP contribution >= 0.6 is 0 Å². The van der Waals surface area contributed by atoms with Gasteiger partial charge in [0.05, 0.1) is 18.8 Å². The first-order chi connectivity index (χ1) is 23.7. The van der Waals surface area contributed by atoms with E-state index in [-0.39, 0.29) is 12.5 Å². The highest BCUT2D eigenvalue weighted by Crippen LogP contribution is 2.13. The molecule has 0 aromatic heterocycles. The van der Waals surface area contributed by atoms with Crippen LogP contribution in [0.25, 0.3) is 0 Å². The molecule has 0 aliphatic carbocycles. The summed E-state index contributed by atoms with van der Waals surface area (Å²) in [5.74, 6) is -0.0816. The second-order valence-corrected chi connectivity index (χ2v) is 14.0. The normalized spacial score (nSPS) is 13.5. The Bertz CT molecular complexity index is 771. The van der Waals surface area contributed by atoms with Crippen molar-refractivity contribution in [3.05, 3.63) is 48.6 Å². The molecule has 0 rings (SSSR count). The number of aliphatic hydroxyl groups is 2. The van der Waals surface area contributed by atoms with Gasteiger partial charge in [-0.3, -0.25) is 4.79 Å². The van der Waals surface area contributed by atoms with Crippen LogP contribution in [-0.4, -0.2) is 34.9 Å². The van der Waals surface area contributed by atoms with Crippen LogP contribution in [-0.2, 0) is 4.79 Å². The van der Waals surface area contributed by atoms with E-state index in [1.165, 1.54) is 148 Å². The summed E-state index contributed by atoms with van der Waals surface area (Å²) in [5, 5.41) is 22.9. The lowest BCUT2D eigenvalue weighted by Crippen LogP contribution is -2.45. The van der Waals surface area contributed by atoms with Crippen LogP contribution in [0.2, 0.25) is 0 Å².